The fraction of sp³-hybridized carbons (Fsp3) is 0.385. The number of benzene rings is 1. The first kappa shape index (κ1) is 14.0. The Morgan fingerprint density at radius 3 is 2.67 bits per heavy atom. The number of nitrogens with zero attached hydrogens (tertiary/aromatic N) is 1. The number of amides is 1. The molecule has 96 valence electrons. The van der Waals surface area contributed by atoms with Crippen molar-refractivity contribution in [1.82, 2.24) is 5.32 Å². The molecule has 0 aliphatic rings. The van der Waals surface area contributed by atoms with Crippen molar-refractivity contribution in [2.75, 3.05) is 20.3 Å². The number of nitriles is 1. The van der Waals surface area contributed by atoms with Crippen LogP contribution in [0.4, 0.5) is 0 Å². The third kappa shape index (κ3) is 4.44. The summed E-state index contributed by atoms with van der Waals surface area (Å²) in [6.45, 7) is 2.59. The Kier molecular flexibility index (Phi) is 5.68. The van der Waals surface area contributed by atoms with Gasteiger partial charge in [0, 0.05) is 13.7 Å². The maximum atomic E-state index is 11.6. The van der Waals surface area contributed by atoms with Crippen LogP contribution in [0.15, 0.2) is 24.3 Å². The minimum Gasteiger partial charge on any atom is -0.481 e. The highest BCUT2D eigenvalue weighted by molar-refractivity contribution is 5.80. The van der Waals surface area contributed by atoms with E-state index < -0.39 is 6.10 Å². The predicted molar refractivity (Wildman–Crippen MR) is 66.1 cm³/mol. The van der Waals surface area contributed by atoms with Gasteiger partial charge in [0.05, 0.1) is 18.2 Å². The summed E-state index contributed by atoms with van der Waals surface area (Å²) in [7, 11) is 1.57. The van der Waals surface area contributed by atoms with Crippen molar-refractivity contribution in [2.45, 2.75) is 13.0 Å². The number of hydrogen-bond acceptors (Lipinski definition) is 4. The summed E-state index contributed by atoms with van der Waals surface area (Å²) < 4.78 is 10.3. The van der Waals surface area contributed by atoms with E-state index in [1.165, 1.54) is 0 Å². The minimum absolute atomic E-state index is 0.198. The summed E-state index contributed by atoms with van der Waals surface area (Å²) in [4.78, 5) is 11.6. The van der Waals surface area contributed by atoms with Gasteiger partial charge < -0.3 is 14.8 Å². The molecular formula is C13H16N2O3. The van der Waals surface area contributed by atoms with Crippen molar-refractivity contribution in [3.8, 4) is 11.8 Å². The molecule has 1 N–H and O–H groups in total. The van der Waals surface area contributed by atoms with Gasteiger partial charge in [0.2, 0.25) is 0 Å². The number of rotatable bonds is 6. The summed E-state index contributed by atoms with van der Waals surface area (Å²) in [5.74, 6) is 0.361. The lowest BCUT2D eigenvalue weighted by Gasteiger charge is -2.14. The minimum atomic E-state index is -0.588. The normalized spacial score (nSPS) is 11.4. The maximum absolute atomic E-state index is 11.6. The van der Waals surface area contributed by atoms with Gasteiger partial charge in [-0.2, -0.15) is 5.26 Å². The summed E-state index contributed by atoms with van der Waals surface area (Å²) in [5, 5.41) is 11.3. The van der Waals surface area contributed by atoms with Crippen LogP contribution in [-0.2, 0) is 9.53 Å². The molecule has 0 saturated carbocycles. The molecule has 5 nitrogen and oxygen atoms in total. The molecule has 1 rings (SSSR count). The second-order valence-corrected chi connectivity index (χ2v) is 3.68. The Hall–Kier alpha value is -2.06. The van der Waals surface area contributed by atoms with Gasteiger partial charge in [-0.3, -0.25) is 4.79 Å². The molecule has 0 aliphatic carbocycles. The quantitative estimate of drug-likeness (QED) is 0.765. The molecule has 0 spiro atoms. The van der Waals surface area contributed by atoms with Crippen LogP contribution >= 0.6 is 0 Å². The van der Waals surface area contributed by atoms with Gasteiger partial charge in [0.25, 0.3) is 5.91 Å². The SMILES string of the molecule is COCCNC(=O)C(C)Oc1ccc(C#N)cc1. The highest BCUT2D eigenvalue weighted by atomic mass is 16.5. The van der Waals surface area contributed by atoms with Crippen molar-refractivity contribution in [2.24, 2.45) is 0 Å². The van der Waals surface area contributed by atoms with E-state index in [-0.39, 0.29) is 5.91 Å². The zero-order chi connectivity index (χ0) is 13.4. The molecule has 1 aromatic carbocycles. The van der Waals surface area contributed by atoms with Crippen molar-refractivity contribution in [1.29, 1.82) is 5.26 Å². The summed E-state index contributed by atoms with van der Waals surface area (Å²) in [6, 6.07) is 8.63. The van der Waals surface area contributed by atoms with E-state index in [0.717, 1.165) is 0 Å². The molecule has 1 unspecified atom stereocenters. The number of hydrogen-bond donors (Lipinski definition) is 1. The van der Waals surface area contributed by atoms with Crippen molar-refractivity contribution < 1.29 is 14.3 Å². The summed E-state index contributed by atoms with van der Waals surface area (Å²) in [6.07, 6.45) is -0.588. The predicted octanol–water partition coefficient (Wildman–Crippen LogP) is 1.09. The lowest BCUT2D eigenvalue weighted by Crippen LogP contribution is -2.37. The third-order valence-electron chi connectivity index (χ3n) is 2.27. The van der Waals surface area contributed by atoms with E-state index in [0.29, 0.717) is 24.5 Å². The van der Waals surface area contributed by atoms with Crippen LogP contribution in [0.1, 0.15) is 12.5 Å². The van der Waals surface area contributed by atoms with E-state index in [4.69, 9.17) is 14.7 Å². The molecular weight excluding hydrogens is 232 g/mol. The Bertz CT molecular complexity index is 423. The zero-order valence-electron chi connectivity index (χ0n) is 10.5. The molecule has 1 atom stereocenters. The molecule has 18 heavy (non-hydrogen) atoms. The topological polar surface area (TPSA) is 71.3 Å². The van der Waals surface area contributed by atoms with Gasteiger partial charge in [0.1, 0.15) is 5.75 Å². The third-order valence-corrected chi connectivity index (χ3v) is 2.27. The fourth-order valence-electron chi connectivity index (χ4n) is 1.29. The first-order chi connectivity index (χ1) is 8.67. The second-order valence-electron chi connectivity index (χ2n) is 3.68. The molecule has 0 heterocycles. The molecule has 0 radical (unpaired) electrons. The average Bonchev–Trinajstić information content (AvgIpc) is 2.39. The summed E-state index contributed by atoms with van der Waals surface area (Å²) in [5.41, 5.74) is 0.555. The molecule has 5 heteroatoms. The summed E-state index contributed by atoms with van der Waals surface area (Å²) >= 11 is 0. The van der Waals surface area contributed by atoms with E-state index in [9.17, 15) is 4.79 Å². The van der Waals surface area contributed by atoms with Crippen LogP contribution in [-0.4, -0.2) is 32.3 Å². The second kappa shape index (κ2) is 7.30. The monoisotopic (exact) mass is 248 g/mol. The first-order valence-electron chi connectivity index (χ1n) is 5.61. The van der Waals surface area contributed by atoms with Gasteiger partial charge in [-0.1, -0.05) is 0 Å². The van der Waals surface area contributed by atoms with E-state index in [2.05, 4.69) is 5.32 Å². The molecule has 0 bridgehead atoms. The molecule has 1 amide bonds. The van der Waals surface area contributed by atoms with Crippen molar-refractivity contribution in [3.63, 3.8) is 0 Å². The molecule has 0 aromatic heterocycles. The standard InChI is InChI=1S/C13H16N2O3/c1-10(13(16)15-7-8-17-2)18-12-5-3-11(9-14)4-6-12/h3-6,10H,7-8H2,1-2H3,(H,15,16). The average molecular weight is 248 g/mol. The van der Waals surface area contributed by atoms with Crippen molar-refractivity contribution >= 4 is 5.91 Å². The Labute approximate surface area is 106 Å². The van der Waals surface area contributed by atoms with Crippen LogP contribution in [0.25, 0.3) is 0 Å². The largest absolute Gasteiger partial charge is 0.481 e. The smallest absolute Gasteiger partial charge is 0.260 e. The number of carbonyl (C=O) groups excluding carboxylic acids is 1. The highest BCUT2D eigenvalue weighted by Crippen LogP contribution is 2.13. The van der Waals surface area contributed by atoms with Crippen LogP contribution in [0.3, 0.4) is 0 Å². The Morgan fingerprint density at radius 1 is 1.44 bits per heavy atom. The van der Waals surface area contributed by atoms with Crippen molar-refractivity contribution in [3.05, 3.63) is 29.8 Å². The number of methoxy groups -OCH3 is 1. The van der Waals surface area contributed by atoms with Gasteiger partial charge in [-0.05, 0) is 31.2 Å². The van der Waals surface area contributed by atoms with E-state index in [1.54, 1.807) is 38.3 Å². The first-order valence-corrected chi connectivity index (χ1v) is 5.61. The molecule has 0 aliphatic heterocycles. The zero-order valence-corrected chi connectivity index (χ0v) is 10.5. The van der Waals surface area contributed by atoms with Gasteiger partial charge in [0.15, 0.2) is 6.10 Å². The van der Waals surface area contributed by atoms with Gasteiger partial charge in [-0.25, -0.2) is 0 Å². The highest BCUT2D eigenvalue weighted by Gasteiger charge is 2.13. The Morgan fingerprint density at radius 2 is 2.11 bits per heavy atom. The lowest BCUT2D eigenvalue weighted by atomic mass is 10.2. The van der Waals surface area contributed by atoms with E-state index >= 15 is 0 Å². The van der Waals surface area contributed by atoms with Gasteiger partial charge >= 0.3 is 0 Å². The van der Waals surface area contributed by atoms with Crippen LogP contribution < -0.4 is 10.1 Å². The van der Waals surface area contributed by atoms with Crippen LogP contribution in [0.5, 0.6) is 5.75 Å². The lowest BCUT2D eigenvalue weighted by molar-refractivity contribution is -0.127. The number of carbonyl (C=O) groups is 1. The van der Waals surface area contributed by atoms with E-state index in [1.807, 2.05) is 6.07 Å². The number of ether oxygens (including phenoxy) is 2. The Balaban J connectivity index is 2.45. The van der Waals surface area contributed by atoms with Crippen LogP contribution in [0.2, 0.25) is 0 Å². The number of nitrogens with one attached hydrogen (secondary N) is 1. The molecule has 1 aromatic rings. The molecule has 0 fully saturated rings. The van der Waals surface area contributed by atoms with Gasteiger partial charge in [-0.15, -0.1) is 0 Å². The maximum Gasteiger partial charge on any atom is 0.260 e. The fourth-order valence-corrected chi connectivity index (χ4v) is 1.29. The van der Waals surface area contributed by atoms with Crippen LogP contribution in [0, 0.1) is 11.3 Å². The molecule has 0 saturated heterocycles.